The van der Waals surface area contributed by atoms with Crippen LogP contribution in [0.4, 0.5) is 5.13 Å². The molecule has 5 heteroatoms. The van der Waals surface area contributed by atoms with Crippen LogP contribution in [0.3, 0.4) is 0 Å². The molecule has 166 valence electrons. The molecule has 1 aromatic carbocycles. The Labute approximate surface area is 195 Å². The fraction of sp³-hybridized carbons (Fsp3) is 0.600. The summed E-state index contributed by atoms with van der Waals surface area (Å²) in [7, 11) is 0. The van der Waals surface area contributed by atoms with E-state index in [0.717, 1.165) is 46.8 Å². The molecular formula is C25H37BrN2OS. The number of piperidine rings is 1. The van der Waals surface area contributed by atoms with Gasteiger partial charge in [0.1, 0.15) is 5.78 Å². The third-order valence-corrected chi connectivity index (χ3v) is 7.11. The van der Waals surface area contributed by atoms with Gasteiger partial charge in [0.25, 0.3) is 0 Å². The highest BCUT2D eigenvalue weighted by atomic mass is 79.9. The quantitative estimate of drug-likeness (QED) is 0.331. The molecule has 0 bridgehead atoms. The van der Waals surface area contributed by atoms with Crippen LogP contribution in [-0.2, 0) is 4.79 Å². The zero-order chi connectivity index (χ0) is 21.8. The van der Waals surface area contributed by atoms with Gasteiger partial charge in [0, 0.05) is 34.4 Å². The number of carbonyl (C=O) groups is 1. The molecule has 0 atom stereocenters. The summed E-state index contributed by atoms with van der Waals surface area (Å²) in [6.45, 7) is 8.09. The minimum atomic E-state index is 0.243. The van der Waals surface area contributed by atoms with Gasteiger partial charge < -0.3 is 4.90 Å². The largest absolute Gasteiger partial charge is 0.348 e. The Morgan fingerprint density at radius 2 is 1.60 bits per heavy atom. The molecule has 30 heavy (non-hydrogen) atoms. The van der Waals surface area contributed by atoms with Gasteiger partial charge in [-0.1, -0.05) is 86.9 Å². The third-order valence-electron chi connectivity index (χ3n) is 5.68. The van der Waals surface area contributed by atoms with E-state index >= 15 is 0 Å². The molecule has 1 aliphatic heterocycles. The lowest BCUT2D eigenvalue weighted by molar-refractivity contribution is -0.121. The van der Waals surface area contributed by atoms with Gasteiger partial charge in [-0.15, -0.1) is 11.3 Å². The number of ketones is 1. The molecule has 1 aromatic heterocycles. The van der Waals surface area contributed by atoms with Gasteiger partial charge in [-0.2, -0.15) is 0 Å². The Bertz CT molecular complexity index is 730. The molecule has 3 nitrogen and oxygen atoms in total. The topological polar surface area (TPSA) is 33.2 Å². The Kier molecular flexibility index (Phi) is 11.7. The summed E-state index contributed by atoms with van der Waals surface area (Å²) in [5.74, 6) is 0.566. The second-order valence-corrected chi connectivity index (χ2v) is 9.91. The molecule has 0 unspecified atom stereocenters. The molecular weight excluding hydrogens is 456 g/mol. The Hall–Kier alpha value is -1.20. The van der Waals surface area contributed by atoms with Crippen molar-refractivity contribution in [3.8, 4) is 11.3 Å². The van der Waals surface area contributed by atoms with E-state index in [2.05, 4.69) is 52.2 Å². The number of hydrogen-bond donors (Lipinski definition) is 0. The number of hydrogen-bond acceptors (Lipinski definition) is 4. The molecule has 0 spiro atoms. The Morgan fingerprint density at radius 3 is 2.13 bits per heavy atom. The third kappa shape index (κ3) is 8.50. The van der Waals surface area contributed by atoms with E-state index < -0.39 is 0 Å². The first-order chi connectivity index (χ1) is 14.5. The molecule has 2 heterocycles. The number of thiazole rings is 1. The zero-order valence-electron chi connectivity index (χ0n) is 18.8. The fourth-order valence-electron chi connectivity index (χ4n) is 3.67. The van der Waals surface area contributed by atoms with Crippen LogP contribution in [0.5, 0.6) is 0 Å². The van der Waals surface area contributed by atoms with Crippen LogP contribution in [-0.4, -0.2) is 23.9 Å². The number of halogens is 1. The summed E-state index contributed by atoms with van der Waals surface area (Å²) in [4.78, 5) is 18.5. The van der Waals surface area contributed by atoms with Gasteiger partial charge in [-0.05, 0) is 31.9 Å². The number of benzene rings is 1. The van der Waals surface area contributed by atoms with Crippen molar-refractivity contribution in [2.45, 2.75) is 78.6 Å². The number of Topliss-reactive ketones (excluding diaryl/α,β-unsaturated/α-hetero) is 1. The van der Waals surface area contributed by atoms with E-state index in [-0.39, 0.29) is 5.92 Å². The maximum Gasteiger partial charge on any atom is 0.185 e. The predicted molar refractivity (Wildman–Crippen MR) is 135 cm³/mol. The molecule has 0 amide bonds. The number of rotatable bonds is 9. The lowest BCUT2D eigenvalue weighted by Gasteiger charge is -2.30. The molecule has 3 rings (SSSR count). The smallest absolute Gasteiger partial charge is 0.185 e. The first-order valence-electron chi connectivity index (χ1n) is 11.5. The van der Waals surface area contributed by atoms with Gasteiger partial charge in [0.05, 0.1) is 5.69 Å². The standard InChI is InChI=1S/C16H17BrN2OS.C9H20/c1-11(20)12-6-8-19(9-7-12)16-18-15(10-21-16)13-2-4-14(17)5-3-13;1-3-5-7-9-8-6-4-2/h2-5,10,12H,6-9H2,1H3;3-9H2,1-2H3. The summed E-state index contributed by atoms with van der Waals surface area (Å²) >= 11 is 5.13. The minimum Gasteiger partial charge on any atom is -0.348 e. The second kappa shape index (κ2) is 14.0. The van der Waals surface area contributed by atoms with Crippen molar-refractivity contribution in [3.05, 3.63) is 34.1 Å². The summed E-state index contributed by atoms with van der Waals surface area (Å²) in [5, 5.41) is 3.17. The number of unbranched alkanes of at least 4 members (excludes halogenated alkanes) is 6. The van der Waals surface area contributed by atoms with Crippen molar-refractivity contribution < 1.29 is 4.79 Å². The molecule has 0 aliphatic carbocycles. The fourth-order valence-corrected chi connectivity index (χ4v) is 4.82. The number of anilines is 1. The van der Waals surface area contributed by atoms with Gasteiger partial charge in [-0.25, -0.2) is 4.98 Å². The normalized spacial score (nSPS) is 14.3. The molecule has 0 saturated carbocycles. The molecule has 1 fully saturated rings. The van der Waals surface area contributed by atoms with Crippen LogP contribution in [0.1, 0.15) is 78.6 Å². The minimum absolute atomic E-state index is 0.243. The average Bonchev–Trinajstić information content (AvgIpc) is 3.25. The van der Waals surface area contributed by atoms with Gasteiger partial charge in [0.15, 0.2) is 5.13 Å². The van der Waals surface area contributed by atoms with Crippen LogP contribution in [0, 0.1) is 5.92 Å². The van der Waals surface area contributed by atoms with Crippen molar-refractivity contribution in [1.29, 1.82) is 0 Å². The van der Waals surface area contributed by atoms with E-state index in [1.165, 1.54) is 44.9 Å². The second-order valence-electron chi connectivity index (χ2n) is 8.16. The number of nitrogens with zero attached hydrogens (tertiary/aromatic N) is 2. The Balaban J connectivity index is 0.000000303. The van der Waals surface area contributed by atoms with Gasteiger partial charge in [-0.3, -0.25) is 4.79 Å². The summed E-state index contributed by atoms with van der Waals surface area (Å²) < 4.78 is 1.08. The van der Waals surface area contributed by atoms with E-state index in [1.807, 2.05) is 12.1 Å². The number of carbonyl (C=O) groups excluding carboxylic acids is 1. The lowest BCUT2D eigenvalue weighted by Crippen LogP contribution is -2.35. The molecule has 1 aliphatic rings. The van der Waals surface area contributed by atoms with Crippen molar-refractivity contribution >= 4 is 38.2 Å². The average molecular weight is 494 g/mol. The highest BCUT2D eigenvalue weighted by Gasteiger charge is 2.23. The summed E-state index contributed by atoms with van der Waals surface area (Å²) in [6, 6.07) is 8.22. The van der Waals surface area contributed by atoms with Crippen LogP contribution in [0.15, 0.2) is 34.1 Å². The highest BCUT2D eigenvalue weighted by molar-refractivity contribution is 9.10. The molecule has 1 saturated heterocycles. The summed E-state index contributed by atoms with van der Waals surface area (Å²) in [6.07, 6.45) is 11.9. The number of aromatic nitrogens is 1. The van der Waals surface area contributed by atoms with E-state index in [9.17, 15) is 4.79 Å². The Morgan fingerprint density at radius 1 is 1.03 bits per heavy atom. The molecule has 2 aromatic rings. The first kappa shape index (κ1) is 25.1. The van der Waals surface area contributed by atoms with Crippen LogP contribution in [0.25, 0.3) is 11.3 Å². The van der Waals surface area contributed by atoms with Crippen LogP contribution >= 0.6 is 27.3 Å². The van der Waals surface area contributed by atoms with Gasteiger partial charge in [0.2, 0.25) is 0 Å². The highest BCUT2D eigenvalue weighted by Crippen LogP contribution is 2.31. The maximum absolute atomic E-state index is 11.4. The summed E-state index contributed by atoms with van der Waals surface area (Å²) in [5.41, 5.74) is 2.16. The zero-order valence-corrected chi connectivity index (χ0v) is 21.2. The first-order valence-corrected chi connectivity index (χ1v) is 13.2. The SMILES string of the molecule is CC(=O)C1CCN(c2nc(-c3ccc(Br)cc3)cs2)CC1.CCCCCCCCC. The maximum atomic E-state index is 11.4. The van der Waals surface area contributed by atoms with Crippen molar-refractivity contribution in [2.75, 3.05) is 18.0 Å². The lowest BCUT2D eigenvalue weighted by atomic mass is 9.94. The molecule has 0 radical (unpaired) electrons. The van der Waals surface area contributed by atoms with Crippen molar-refractivity contribution in [3.63, 3.8) is 0 Å². The van der Waals surface area contributed by atoms with Crippen LogP contribution < -0.4 is 4.90 Å². The van der Waals surface area contributed by atoms with Crippen LogP contribution in [0.2, 0.25) is 0 Å². The van der Waals surface area contributed by atoms with E-state index in [4.69, 9.17) is 4.98 Å². The predicted octanol–water partition coefficient (Wildman–Crippen LogP) is 8.13. The van der Waals surface area contributed by atoms with E-state index in [1.54, 1.807) is 18.3 Å². The van der Waals surface area contributed by atoms with E-state index in [0.29, 0.717) is 5.78 Å². The molecule has 0 N–H and O–H groups in total. The monoisotopic (exact) mass is 492 g/mol. The van der Waals surface area contributed by atoms with Crippen molar-refractivity contribution in [1.82, 2.24) is 4.98 Å². The van der Waals surface area contributed by atoms with Gasteiger partial charge >= 0.3 is 0 Å². The van der Waals surface area contributed by atoms with Crippen molar-refractivity contribution in [2.24, 2.45) is 5.92 Å².